The molecule has 88 valence electrons. The first-order valence-corrected chi connectivity index (χ1v) is 6.31. The Balaban J connectivity index is 1.81. The molecule has 0 aromatic heterocycles. The van der Waals surface area contributed by atoms with E-state index in [1.807, 2.05) is 0 Å². The van der Waals surface area contributed by atoms with Crippen LogP contribution in [0.1, 0.15) is 38.5 Å². The van der Waals surface area contributed by atoms with Gasteiger partial charge in [-0.2, -0.15) is 0 Å². The first kappa shape index (κ1) is 11.4. The molecule has 0 spiro atoms. The van der Waals surface area contributed by atoms with Gasteiger partial charge in [0.15, 0.2) is 0 Å². The summed E-state index contributed by atoms with van der Waals surface area (Å²) in [5.74, 6) is 0. The van der Waals surface area contributed by atoms with Crippen molar-refractivity contribution in [3.05, 3.63) is 0 Å². The van der Waals surface area contributed by atoms with Crippen LogP contribution in [-0.4, -0.2) is 43.3 Å². The second-order valence-electron chi connectivity index (χ2n) is 5.03. The van der Waals surface area contributed by atoms with E-state index in [2.05, 4.69) is 4.90 Å². The fraction of sp³-hybridized carbons (Fsp3) is 1.00. The van der Waals surface area contributed by atoms with Crippen LogP contribution in [0, 0.1) is 0 Å². The number of rotatable bonds is 5. The largest absolute Gasteiger partial charge is 0.383 e. The number of ether oxygens (including phenoxy) is 1. The lowest BCUT2D eigenvalue weighted by Crippen LogP contribution is -2.43. The molecular formula is C12H24N2O. The predicted octanol–water partition coefficient (Wildman–Crippen LogP) is 1.37. The van der Waals surface area contributed by atoms with Crippen molar-refractivity contribution in [3.8, 4) is 0 Å². The molecule has 2 fully saturated rings. The zero-order chi connectivity index (χ0) is 10.7. The molecule has 0 atom stereocenters. The zero-order valence-corrected chi connectivity index (χ0v) is 9.82. The highest BCUT2D eigenvalue weighted by Crippen LogP contribution is 2.33. The molecule has 0 saturated heterocycles. The lowest BCUT2D eigenvalue weighted by atomic mass is 9.90. The molecule has 15 heavy (non-hydrogen) atoms. The van der Waals surface area contributed by atoms with Crippen LogP contribution in [0.3, 0.4) is 0 Å². The minimum atomic E-state index is 0.463. The maximum Gasteiger partial charge on any atom is 0.0589 e. The summed E-state index contributed by atoms with van der Waals surface area (Å²) in [4.78, 5) is 2.68. The van der Waals surface area contributed by atoms with Gasteiger partial charge in [0.25, 0.3) is 0 Å². The highest BCUT2D eigenvalue weighted by atomic mass is 16.5. The van der Waals surface area contributed by atoms with Crippen molar-refractivity contribution in [2.45, 2.75) is 56.7 Å². The summed E-state index contributed by atoms with van der Waals surface area (Å²) >= 11 is 0. The van der Waals surface area contributed by atoms with Gasteiger partial charge in [-0.15, -0.1) is 0 Å². The molecule has 2 rings (SSSR count). The molecule has 2 aliphatic rings. The van der Waals surface area contributed by atoms with Crippen molar-refractivity contribution in [1.29, 1.82) is 0 Å². The van der Waals surface area contributed by atoms with E-state index >= 15 is 0 Å². The van der Waals surface area contributed by atoms with E-state index in [9.17, 15) is 0 Å². The zero-order valence-electron chi connectivity index (χ0n) is 9.82. The average molecular weight is 212 g/mol. The maximum absolute atomic E-state index is 5.95. The molecule has 3 nitrogen and oxygen atoms in total. The Labute approximate surface area is 93.0 Å². The third-order valence-electron chi connectivity index (χ3n) is 3.78. The van der Waals surface area contributed by atoms with E-state index in [1.54, 1.807) is 7.11 Å². The van der Waals surface area contributed by atoms with Crippen LogP contribution < -0.4 is 5.73 Å². The summed E-state index contributed by atoms with van der Waals surface area (Å²) in [5, 5.41) is 0. The highest BCUT2D eigenvalue weighted by Gasteiger charge is 2.34. The lowest BCUT2D eigenvalue weighted by molar-refractivity contribution is 0.0932. The quantitative estimate of drug-likeness (QED) is 0.748. The summed E-state index contributed by atoms with van der Waals surface area (Å²) in [6.07, 6.45) is 7.79. The monoisotopic (exact) mass is 212 g/mol. The molecule has 0 heterocycles. The van der Waals surface area contributed by atoms with E-state index < -0.39 is 0 Å². The first-order chi connectivity index (χ1) is 7.31. The number of nitrogens with two attached hydrogens (primary N) is 1. The molecule has 2 saturated carbocycles. The van der Waals surface area contributed by atoms with Crippen molar-refractivity contribution in [2.24, 2.45) is 5.73 Å². The van der Waals surface area contributed by atoms with Crippen LogP contribution in [0.15, 0.2) is 0 Å². The van der Waals surface area contributed by atoms with Crippen LogP contribution in [0.4, 0.5) is 0 Å². The normalized spacial score (nSPS) is 32.2. The van der Waals surface area contributed by atoms with E-state index in [-0.39, 0.29) is 0 Å². The Morgan fingerprint density at radius 1 is 1.07 bits per heavy atom. The smallest absolute Gasteiger partial charge is 0.0589 e. The Morgan fingerprint density at radius 2 is 1.60 bits per heavy atom. The van der Waals surface area contributed by atoms with Gasteiger partial charge < -0.3 is 10.5 Å². The fourth-order valence-electron chi connectivity index (χ4n) is 2.70. The molecule has 0 aromatic carbocycles. The van der Waals surface area contributed by atoms with Gasteiger partial charge in [-0.25, -0.2) is 0 Å². The second-order valence-corrected chi connectivity index (χ2v) is 5.03. The maximum atomic E-state index is 5.95. The topological polar surface area (TPSA) is 38.5 Å². The minimum absolute atomic E-state index is 0.463. The van der Waals surface area contributed by atoms with Gasteiger partial charge >= 0.3 is 0 Å². The van der Waals surface area contributed by atoms with Crippen molar-refractivity contribution in [3.63, 3.8) is 0 Å². The van der Waals surface area contributed by atoms with E-state index in [0.29, 0.717) is 6.04 Å². The Morgan fingerprint density at radius 3 is 2.07 bits per heavy atom. The van der Waals surface area contributed by atoms with Crippen molar-refractivity contribution < 1.29 is 4.74 Å². The molecular weight excluding hydrogens is 188 g/mol. The van der Waals surface area contributed by atoms with Gasteiger partial charge in [-0.3, -0.25) is 4.90 Å². The van der Waals surface area contributed by atoms with Crippen LogP contribution in [-0.2, 0) is 4.74 Å². The molecule has 2 aliphatic carbocycles. The van der Waals surface area contributed by atoms with Crippen LogP contribution in [0.2, 0.25) is 0 Å². The summed E-state index contributed by atoms with van der Waals surface area (Å²) in [7, 11) is 1.79. The summed E-state index contributed by atoms with van der Waals surface area (Å²) in [6, 6.07) is 2.11. The van der Waals surface area contributed by atoms with Crippen LogP contribution in [0.25, 0.3) is 0 Å². The highest BCUT2D eigenvalue weighted by molar-refractivity contribution is 4.91. The van der Waals surface area contributed by atoms with Gasteiger partial charge in [0.2, 0.25) is 0 Å². The summed E-state index contributed by atoms with van der Waals surface area (Å²) < 4.78 is 5.20. The molecule has 0 aliphatic heterocycles. The third-order valence-corrected chi connectivity index (χ3v) is 3.78. The lowest BCUT2D eigenvalue weighted by Gasteiger charge is -2.36. The van der Waals surface area contributed by atoms with Crippen molar-refractivity contribution >= 4 is 0 Å². The summed E-state index contributed by atoms with van der Waals surface area (Å²) in [6.45, 7) is 1.99. The van der Waals surface area contributed by atoms with Gasteiger partial charge in [-0.1, -0.05) is 0 Å². The summed E-state index contributed by atoms with van der Waals surface area (Å²) in [5.41, 5.74) is 5.95. The molecule has 2 N–H and O–H groups in total. The number of methoxy groups -OCH3 is 1. The van der Waals surface area contributed by atoms with Crippen LogP contribution in [0.5, 0.6) is 0 Å². The molecule has 3 heteroatoms. The Bertz CT molecular complexity index is 186. The standard InChI is InChI=1S/C12H24N2O/c1-15-9-8-14(12-6-7-12)11-4-2-10(13)3-5-11/h10-12H,2-9,13H2,1H3. The number of nitrogens with zero attached hydrogens (tertiary/aromatic N) is 1. The van der Waals surface area contributed by atoms with Crippen molar-refractivity contribution in [2.75, 3.05) is 20.3 Å². The van der Waals surface area contributed by atoms with Gasteiger partial charge in [0, 0.05) is 31.8 Å². The third kappa shape index (κ3) is 3.16. The van der Waals surface area contributed by atoms with E-state index in [1.165, 1.54) is 38.5 Å². The molecule has 0 aromatic rings. The number of hydrogen-bond acceptors (Lipinski definition) is 3. The minimum Gasteiger partial charge on any atom is -0.383 e. The van der Waals surface area contributed by atoms with E-state index in [4.69, 9.17) is 10.5 Å². The molecule has 0 radical (unpaired) electrons. The van der Waals surface area contributed by atoms with Gasteiger partial charge in [-0.05, 0) is 38.5 Å². The van der Waals surface area contributed by atoms with Gasteiger partial charge in [0.05, 0.1) is 6.61 Å². The van der Waals surface area contributed by atoms with E-state index in [0.717, 1.165) is 25.2 Å². The molecule has 0 amide bonds. The van der Waals surface area contributed by atoms with Crippen LogP contribution >= 0.6 is 0 Å². The average Bonchev–Trinajstić information content (AvgIpc) is 3.05. The first-order valence-electron chi connectivity index (χ1n) is 6.31. The number of hydrogen-bond donors (Lipinski definition) is 1. The predicted molar refractivity (Wildman–Crippen MR) is 61.8 cm³/mol. The van der Waals surface area contributed by atoms with Crippen molar-refractivity contribution in [1.82, 2.24) is 4.90 Å². The second kappa shape index (κ2) is 5.28. The Kier molecular flexibility index (Phi) is 4.00. The fourth-order valence-corrected chi connectivity index (χ4v) is 2.70. The Hall–Kier alpha value is -0.120. The SMILES string of the molecule is COCCN(C1CCC(N)CC1)C1CC1. The molecule has 0 bridgehead atoms. The van der Waals surface area contributed by atoms with Gasteiger partial charge in [0.1, 0.15) is 0 Å². The molecule has 0 unspecified atom stereocenters.